The molecule has 0 amide bonds. The lowest BCUT2D eigenvalue weighted by atomic mass is 10.2. The molecule has 0 aromatic heterocycles. The third kappa shape index (κ3) is 2.63. The summed E-state index contributed by atoms with van der Waals surface area (Å²) in [5.41, 5.74) is 0.591. The summed E-state index contributed by atoms with van der Waals surface area (Å²) in [7, 11) is 1.30. The Labute approximate surface area is 76.3 Å². The number of ether oxygens (including phenoxy) is 1. The molecule has 3 nitrogen and oxygen atoms in total. The largest absolute Gasteiger partial charge is 0.507 e. The maximum atomic E-state index is 10.7. The number of benzene rings is 1. The minimum Gasteiger partial charge on any atom is -0.507 e. The molecule has 0 spiro atoms. The van der Waals surface area contributed by atoms with E-state index in [2.05, 4.69) is 4.74 Å². The van der Waals surface area contributed by atoms with E-state index in [4.69, 9.17) is 0 Å². The third-order valence-corrected chi connectivity index (χ3v) is 1.54. The van der Waals surface area contributed by atoms with Crippen molar-refractivity contribution in [3.63, 3.8) is 0 Å². The van der Waals surface area contributed by atoms with Gasteiger partial charge in [-0.2, -0.15) is 0 Å². The lowest BCUT2D eigenvalue weighted by Crippen LogP contribution is -1.93. The quantitative estimate of drug-likeness (QED) is 0.552. The van der Waals surface area contributed by atoms with Crippen LogP contribution in [0, 0.1) is 0 Å². The average molecular weight is 178 g/mol. The number of rotatable bonds is 2. The molecule has 0 fully saturated rings. The molecule has 1 N–H and O–H groups in total. The number of hydrogen-bond acceptors (Lipinski definition) is 3. The average Bonchev–Trinajstić information content (AvgIpc) is 2.16. The third-order valence-electron chi connectivity index (χ3n) is 1.54. The summed E-state index contributed by atoms with van der Waals surface area (Å²) >= 11 is 0. The highest BCUT2D eigenvalue weighted by molar-refractivity contribution is 5.87. The highest BCUT2D eigenvalue weighted by Gasteiger charge is 1.95. The monoisotopic (exact) mass is 178 g/mol. The smallest absolute Gasteiger partial charge is 0.330 e. The Hall–Kier alpha value is -1.77. The topological polar surface area (TPSA) is 46.5 Å². The fraction of sp³-hybridized carbons (Fsp3) is 0.100. The summed E-state index contributed by atoms with van der Waals surface area (Å²) in [6.45, 7) is 0. The minimum absolute atomic E-state index is 0.141. The van der Waals surface area contributed by atoms with Gasteiger partial charge in [-0.25, -0.2) is 4.79 Å². The Morgan fingerprint density at radius 2 is 2.15 bits per heavy atom. The number of hydrogen-bond donors (Lipinski definition) is 1. The zero-order valence-corrected chi connectivity index (χ0v) is 7.23. The molecule has 3 heteroatoms. The molecule has 1 rings (SSSR count). The SMILES string of the molecule is COC(=O)/C=C\c1ccccc1O. The molecule has 0 atom stereocenters. The van der Waals surface area contributed by atoms with Crippen LogP contribution in [0.2, 0.25) is 0 Å². The van der Waals surface area contributed by atoms with Crippen LogP contribution in [-0.2, 0) is 9.53 Å². The van der Waals surface area contributed by atoms with Gasteiger partial charge in [0.1, 0.15) is 5.75 Å². The van der Waals surface area contributed by atoms with Crippen LogP contribution >= 0.6 is 0 Å². The first-order valence-corrected chi connectivity index (χ1v) is 3.78. The predicted octanol–water partition coefficient (Wildman–Crippen LogP) is 1.58. The summed E-state index contributed by atoms with van der Waals surface area (Å²) in [5.74, 6) is -0.300. The molecule has 0 saturated carbocycles. The maximum absolute atomic E-state index is 10.7. The van der Waals surface area contributed by atoms with Crippen LogP contribution in [0.15, 0.2) is 30.3 Å². The predicted molar refractivity (Wildman–Crippen MR) is 49.2 cm³/mol. The van der Waals surface area contributed by atoms with E-state index >= 15 is 0 Å². The van der Waals surface area contributed by atoms with Gasteiger partial charge in [0, 0.05) is 11.6 Å². The molecule has 0 saturated heterocycles. The van der Waals surface area contributed by atoms with Gasteiger partial charge in [-0.3, -0.25) is 0 Å². The molecular weight excluding hydrogens is 168 g/mol. The van der Waals surface area contributed by atoms with Gasteiger partial charge in [0.25, 0.3) is 0 Å². The first-order chi connectivity index (χ1) is 6.24. The molecule has 0 aliphatic carbocycles. The van der Waals surface area contributed by atoms with Gasteiger partial charge in [0.15, 0.2) is 0 Å². The van der Waals surface area contributed by atoms with Crippen molar-refractivity contribution < 1.29 is 14.6 Å². The van der Waals surface area contributed by atoms with E-state index < -0.39 is 5.97 Å². The second kappa shape index (κ2) is 4.30. The van der Waals surface area contributed by atoms with Crippen LogP contribution in [0.4, 0.5) is 0 Å². The molecule has 13 heavy (non-hydrogen) atoms. The molecule has 1 aromatic carbocycles. The Morgan fingerprint density at radius 1 is 1.46 bits per heavy atom. The van der Waals surface area contributed by atoms with Crippen molar-refractivity contribution in [3.05, 3.63) is 35.9 Å². The normalized spacial score (nSPS) is 10.2. The molecular formula is C10H10O3. The van der Waals surface area contributed by atoms with Crippen LogP contribution in [0.5, 0.6) is 5.75 Å². The molecule has 1 aromatic rings. The maximum Gasteiger partial charge on any atom is 0.330 e. The van der Waals surface area contributed by atoms with Gasteiger partial charge >= 0.3 is 5.97 Å². The fourth-order valence-electron chi connectivity index (χ4n) is 0.854. The van der Waals surface area contributed by atoms with Crippen molar-refractivity contribution >= 4 is 12.0 Å². The molecule has 0 aliphatic heterocycles. The van der Waals surface area contributed by atoms with Crippen LogP contribution < -0.4 is 0 Å². The van der Waals surface area contributed by atoms with E-state index in [0.29, 0.717) is 5.56 Å². The van der Waals surface area contributed by atoms with E-state index in [1.807, 2.05) is 0 Å². The standard InChI is InChI=1S/C10H10O3/c1-13-10(12)7-6-8-4-2-3-5-9(8)11/h2-7,11H,1H3/b7-6-. The van der Waals surface area contributed by atoms with E-state index in [-0.39, 0.29) is 5.75 Å². The second-order valence-corrected chi connectivity index (χ2v) is 2.42. The van der Waals surface area contributed by atoms with Crippen molar-refractivity contribution in [1.82, 2.24) is 0 Å². The number of aromatic hydroxyl groups is 1. The highest BCUT2D eigenvalue weighted by atomic mass is 16.5. The Morgan fingerprint density at radius 3 is 2.77 bits per heavy atom. The first kappa shape index (κ1) is 9.32. The lowest BCUT2D eigenvalue weighted by molar-refractivity contribution is -0.134. The van der Waals surface area contributed by atoms with Crippen LogP contribution in [0.1, 0.15) is 5.56 Å². The number of phenolic OH excluding ortho intramolecular Hbond substituents is 1. The Bertz CT molecular complexity index is 329. The molecule has 0 unspecified atom stereocenters. The lowest BCUT2D eigenvalue weighted by Gasteiger charge is -1.96. The van der Waals surface area contributed by atoms with E-state index in [9.17, 15) is 9.90 Å². The van der Waals surface area contributed by atoms with Gasteiger partial charge in [-0.1, -0.05) is 18.2 Å². The number of phenols is 1. The molecule has 0 radical (unpaired) electrons. The van der Waals surface area contributed by atoms with Gasteiger partial charge in [-0.05, 0) is 12.1 Å². The first-order valence-electron chi connectivity index (χ1n) is 3.78. The number of carbonyl (C=O) groups excluding carboxylic acids is 1. The minimum atomic E-state index is -0.441. The van der Waals surface area contributed by atoms with Crippen molar-refractivity contribution in [2.24, 2.45) is 0 Å². The van der Waals surface area contributed by atoms with Crippen LogP contribution in [0.3, 0.4) is 0 Å². The summed E-state index contributed by atoms with van der Waals surface area (Å²) in [5, 5.41) is 9.29. The Balaban J connectivity index is 2.80. The highest BCUT2D eigenvalue weighted by Crippen LogP contribution is 2.16. The summed E-state index contributed by atoms with van der Waals surface area (Å²) in [4.78, 5) is 10.7. The van der Waals surface area contributed by atoms with Crippen molar-refractivity contribution in [3.8, 4) is 5.75 Å². The molecule has 68 valence electrons. The fourth-order valence-corrected chi connectivity index (χ4v) is 0.854. The van der Waals surface area contributed by atoms with Crippen molar-refractivity contribution in [1.29, 1.82) is 0 Å². The summed E-state index contributed by atoms with van der Waals surface area (Å²) < 4.78 is 4.40. The van der Waals surface area contributed by atoms with Crippen LogP contribution in [-0.4, -0.2) is 18.2 Å². The zero-order chi connectivity index (χ0) is 9.68. The number of carbonyl (C=O) groups is 1. The van der Waals surface area contributed by atoms with Crippen molar-refractivity contribution in [2.45, 2.75) is 0 Å². The Kier molecular flexibility index (Phi) is 3.09. The van der Waals surface area contributed by atoms with E-state index in [1.54, 1.807) is 24.3 Å². The summed E-state index contributed by atoms with van der Waals surface area (Å²) in [6.07, 6.45) is 2.76. The molecule has 0 bridgehead atoms. The van der Waals surface area contributed by atoms with Gasteiger partial charge < -0.3 is 9.84 Å². The summed E-state index contributed by atoms with van der Waals surface area (Å²) in [6, 6.07) is 6.74. The van der Waals surface area contributed by atoms with E-state index in [1.165, 1.54) is 19.3 Å². The van der Waals surface area contributed by atoms with E-state index in [0.717, 1.165) is 0 Å². The second-order valence-electron chi connectivity index (χ2n) is 2.42. The van der Waals surface area contributed by atoms with Crippen molar-refractivity contribution in [2.75, 3.05) is 7.11 Å². The van der Waals surface area contributed by atoms with Gasteiger partial charge in [0.2, 0.25) is 0 Å². The molecule has 0 aliphatic rings. The number of methoxy groups -OCH3 is 1. The number of para-hydroxylation sites is 1. The van der Waals surface area contributed by atoms with Gasteiger partial charge in [-0.15, -0.1) is 0 Å². The molecule has 0 heterocycles. The van der Waals surface area contributed by atoms with Crippen LogP contribution in [0.25, 0.3) is 6.08 Å². The van der Waals surface area contributed by atoms with Gasteiger partial charge in [0.05, 0.1) is 7.11 Å². The zero-order valence-electron chi connectivity index (χ0n) is 7.23. The number of esters is 1.